The molecule has 0 unspecified atom stereocenters. The Balaban J connectivity index is 2.55. The van der Waals surface area contributed by atoms with Crippen molar-refractivity contribution < 1.29 is 4.74 Å². The molecule has 0 atom stereocenters. The van der Waals surface area contributed by atoms with Crippen molar-refractivity contribution in [2.45, 2.75) is 47.0 Å². The van der Waals surface area contributed by atoms with E-state index in [4.69, 9.17) is 4.74 Å². The fourth-order valence-electron chi connectivity index (χ4n) is 3.21. The van der Waals surface area contributed by atoms with E-state index in [1.807, 2.05) is 0 Å². The van der Waals surface area contributed by atoms with Crippen LogP contribution in [0.3, 0.4) is 0 Å². The van der Waals surface area contributed by atoms with Crippen LogP contribution in [0.2, 0.25) is 0 Å². The molecule has 0 aliphatic carbocycles. The van der Waals surface area contributed by atoms with Gasteiger partial charge in [0.2, 0.25) is 0 Å². The van der Waals surface area contributed by atoms with Crippen molar-refractivity contribution in [2.24, 2.45) is 0 Å². The first-order chi connectivity index (χ1) is 11.0. The van der Waals surface area contributed by atoms with Gasteiger partial charge in [-0.3, -0.25) is 0 Å². The summed E-state index contributed by atoms with van der Waals surface area (Å²) in [6.07, 6.45) is 3.23. The average molecular weight is 308 g/mol. The van der Waals surface area contributed by atoms with Crippen LogP contribution in [0.5, 0.6) is 5.75 Å². The molecular weight excluding hydrogens is 280 g/mol. The molecule has 1 heteroatoms. The molecule has 0 N–H and O–H groups in total. The van der Waals surface area contributed by atoms with E-state index in [0.717, 1.165) is 17.7 Å². The molecule has 2 rings (SSSR count). The molecule has 0 heterocycles. The van der Waals surface area contributed by atoms with Crippen LogP contribution in [0, 0.1) is 6.92 Å². The van der Waals surface area contributed by atoms with Crippen molar-refractivity contribution in [3.63, 3.8) is 0 Å². The Hall–Kier alpha value is -2.02. The number of rotatable bonds is 5. The normalized spacial score (nSPS) is 11.9. The summed E-state index contributed by atoms with van der Waals surface area (Å²) in [4.78, 5) is 0. The van der Waals surface area contributed by atoms with E-state index in [9.17, 15) is 0 Å². The smallest absolute Gasteiger partial charge is 0.129 e. The fraction of sp³-hybridized carbons (Fsp3) is 0.364. The number of aryl methyl sites for hydroxylation is 1. The van der Waals surface area contributed by atoms with Crippen molar-refractivity contribution >= 4 is 11.6 Å². The van der Waals surface area contributed by atoms with Gasteiger partial charge in [0.05, 0.1) is 7.11 Å². The van der Waals surface area contributed by atoms with Gasteiger partial charge in [0.25, 0.3) is 0 Å². The molecular formula is C22H28O. The largest absolute Gasteiger partial charge is 0.496 e. The predicted octanol–water partition coefficient (Wildman–Crippen LogP) is 6.25. The molecule has 2 aromatic rings. The fourth-order valence-corrected chi connectivity index (χ4v) is 3.21. The number of hydrogen-bond acceptors (Lipinski definition) is 1. The van der Waals surface area contributed by atoms with Crippen LogP contribution in [0.4, 0.5) is 0 Å². The molecule has 0 aromatic heterocycles. The molecule has 2 aromatic carbocycles. The molecule has 0 amide bonds. The quantitative estimate of drug-likeness (QED) is 0.593. The summed E-state index contributed by atoms with van der Waals surface area (Å²) < 4.78 is 5.72. The SMILES string of the molecule is CCc1c(C)ccc(/C=C(\C)c2ccccc2C(C)C)c1OC. The zero-order chi connectivity index (χ0) is 17.0. The minimum atomic E-state index is 0.515. The molecule has 23 heavy (non-hydrogen) atoms. The average Bonchev–Trinajstić information content (AvgIpc) is 2.55. The van der Waals surface area contributed by atoms with Crippen molar-refractivity contribution in [3.8, 4) is 5.75 Å². The van der Waals surface area contributed by atoms with Crippen molar-refractivity contribution in [2.75, 3.05) is 7.11 Å². The molecule has 0 fully saturated rings. The van der Waals surface area contributed by atoms with Crippen LogP contribution in [-0.4, -0.2) is 7.11 Å². The van der Waals surface area contributed by atoms with E-state index in [0.29, 0.717) is 5.92 Å². The highest BCUT2D eigenvalue weighted by Crippen LogP contribution is 2.32. The molecule has 0 saturated heterocycles. The second kappa shape index (κ2) is 7.50. The highest BCUT2D eigenvalue weighted by atomic mass is 16.5. The highest BCUT2D eigenvalue weighted by Gasteiger charge is 2.11. The summed E-state index contributed by atoms with van der Waals surface area (Å²) >= 11 is 0. The second-order valence-electron chi connectivity index (χ2n) is 6.41. The number of benzene rings is 2. The summed E-state index contributed by atoms with van der Waals surface area (Å²) in [5, 5.41) is 0. The van der Waals surface area contributed by atoms with Gasteiger partial charge in [-0.15, -0.1) is 0 Å². The van der Waals surface area contributed by atoms with E-state index in [1.165, 1.54) is 27.8 Å². The van der Waals surface area contributed by atoms with Crippen LogP contribution in [0.25, 0.3) is 11.6 Å². The number of methoxy groups -OCH3 is 1. The summed E-state index contributed by atoms with van der Waals surface area (Å²) in [7, 11) is 1.77. The summed E-state index contributed by atoms with van der Waals surface area (Å²) in [6.45, 7) is 11.0. The minimum absolute atomic E-state index is 0.515. The molecule has 1 nitrogen and oxygen atoms in total. The Morgan fingerprint density at radius 3 is 2.43 bits per heavy atom. The van der Waals surface area contributed by atoms with Crippen molar-refractivity contribution in [1.29, 1.82) is 0 Å². The molecule has 0 bridgehead atoms. The molecule has 0 radical (unpaired) electrons. The maximum atomic E-state index is 5.72. The van der Waals surface area contributed by atoms with Gasteiger partial charge in [-0.1, -0.05) is 57.2 Å². The molecule has 0 aliphatic heterocycles. The summed E-state index contributed by atoms with van der Waals surface area (Å²) in [6, 6.07) is 13.0. The molecule has 0 spiro atoms. The van der Waals surface area contributed by atoms with E-state index in [2.05, 4.69) is 77.1 Å². The van der Waals surface area contributed by atoms with Gasteiger partial charge in [-0.2, -0.15) is 0 Å². The lowest BCUT2D eigenvalue weighted by molar-refractivity contribution is 0.408. The van der Waals surface area contributed by atoms with Crippen molar-refractivity contribution in [3.05, 3.63) is 64.2 Å². The van der Waals surface area contributed by atoms with Crippen LogP contribution < -0.4 is 4.74 Å². The zero-order valence-electron chi connectivity index (χ0n) is 15.2. The van der Waals surface area contributed by atoms with E-state index in [1.54, 1.807) is 7.11 Å². The van der Waals surface area contributed by atoms with Crippen LogP contribution in [0.15, 0.2) is 36.4 Å². The van der Waals surface area contributed by atoms with Gasteiger partial charge in [-0.05, 0) is 60.1 Å². The molecule has 0 aliphatic rings. The van der Waals surface area contributed by atoms with Gasteiger partial charge in [0, 0.05) is 5.56 Å². The van der Waals surface area contributed by atoms with E-state index < -0.39 is 0 Å². The van der Waals surface area contributed by atoms with E-state index in [-0.39, 0.29) is 0 Å². The first-order valence-electron chi connectivity index (χ1n) is 8.43. The first kappa shape index (κ1) is 17.3. The number of allylic oxidation sites excluding steroid dienone is 1. The third kappa shape index (κ3) is 3.67. The number of hydrogen-bond donors (Lipinski definition) is 0. The molecule has 0 saturated carbocycles. The Morgan fingerprint density at radius 2 is 1.83 bits per heavy atom. The third-order valence-corrected chi connectivity index (χ3v) is 4.46. The zero-order valence-corrected chi connectivity index (χ0v) is 15.2. The molecule has 122 valence electrons. The Bertz CT molecular complexity index is 708. The Morgan fingerprint density at radius 1 is 1.13 bits per heavy atom. The summed E-state index contributed by atoms with van der Waals surface area (Å²) in [5.41, 5.74) is 7.74. The van der Waals surface area contributed by atoms with Gasteiger partial charge < -0.3 is 4.74 Å². The lowest BCUT2D eigenvalue weighted by atomic mass is 9.91. The van der Waals surface area contributed by atoms with Crippen LogP contribution in [0.1, 0.15) is 61.4 Å². The lowest BCUT2D eigenvalue weighted by Crippen LogP contribution is -1.98. The van der Waals surface area contributed by atoms with Gasteiger partial charge >= 0.3 is 0 Å². The monoisotopic (exact) mass is 308 g/mol. The van der Waals surface area contributed by atoms with Gasteiger partial charge in [-0.25, -0.2) is 0 Å². The number of ether oxygens (including phenoxy) is 1. The second-order valence-corrected chi connectivity index (χ2v) is 6.41. The van der Waals surface area contributed by atoms with Crippen LogP contribution in [-0.2, 0) is 6.42 Å². The lowest BCUT2D eigenvalue weighted by Gasteiger charge is -2.16. The maximum absolute atomic E-state index is 5.72. The topological polar surface area (TPSA) is 9.23 Å². The van der Waals surface area contributed by atoms with E-state index >= 15 is 0 Å². The minimum Gasteiger partial charge on any atom is -0.496 e. The standard InChI is InChI=1S/C22H28O/c1-7-19-16(4)12-13-18(22(19)23-6)14-17(5)21-11-9-8-10-20(21)15(2)3/h8-15H,7H2,1-6H3/b17-14+. The Labute approximate surface area is 141 Å². The Kier molecular flexibility index (Phi) is 5.65. The summed E-state index contributed by atoms with van der Waals surface area (Å²) in [5.74, 6) is 1.52. The predicted molar refractivity (Wildman–Crippen MR) is 101 cm³/mol. The highest BCUT2D eigenvalue weighted by molar-refractivity contribution is 5.83. The van der Waals surface area contributed by atoms with Gasteiger partial charge in [0.15, 0.2) is 0 Å². The first-order valence-corrected chi connectivity index (χ1v) is 8.43. The maximum Gasteiger partial charge on any atom is 0.129 e. The van der Waals surface area contributed by atoms with Crippen LogP contribution >= 0.6 is 0 Å². The van der Waals surface area contributed by atoms with Crippen molar-refractivity contribution in [1.82, 2.24) is 0 Å². The third-order valence-electron chi connectivity index (χ3n) is 4.46. The van der Waals surface area contributed by atoms with Gasteiger partial charge in [0.1, 0.15) is 5.75 Å².